The number of nitrogens with one attached hydrogen (secondary N) is 1. The minimum absolute atomic E-state index is 0.196. The summed E-state index contributed by atoms with van der Waals surface area (Å²) >= 11 is 0. The van der Waals surface area contributed by atoms with Crippen LogP contribution in [0.5, 0.6) is 0 Å². The van der Waals surface area contributed by atoms with Gasteiger partial charge in [0.15, 0.2) is 0 Å². The van der Waals surface area contributed by atoms with Crippen molar-refractivity contribution in [3.63, 3.8) is 0 Å². The number of carbonyl (C=O) groups is 1. The largest absolute Gasteiger partial charge is 0.465 e. The minimum Gasteiger partial charge on any atom is -0.465 e. The van der Waals surface area contributed by atoms with E-state index < -0.39 is 5.54 Å². The van der Waals surface area contributed by atoms with E-state index in [2.05, 4.69) is 10.4 Å². The van der Waals surface area contributed by atoms with E-state index >= 15 is 0 Å². The van der Waals surface area contributed by atoms with Gasteiger partial charge in [-0.25, -0.2) is 0 Å². The highest BCUT2D eigenvalue weighted by atomic mass is 16.5. The van der Waals surface area contributed by atoms with E-state index in [-0.39, 0.29) is 5.97 Å². The van der Waals surface area contributed by atoms with Crippen molar-refractivity contribution in [1.82, 2.24) is 15.1 Å². The zero-order valence-corrected chi connectivity index (χ0v) is 12.6. The molecule has 1 heterocycles. The molecule has 1 rings (SSSR count). The highest BCUT2D eigenvalue weighted by molar-refractivity contribution is 5.80. The number of rotatable bonds is 7. The number of ether oxygens (including phenoxy) is 1. The van der Waals surface area contributed by atoms with Crippen molar-refractivity contribution in [2.75, 3.05) is 13.2 Å². The number of hydrogen-bond acceptors (Lipinski definition) is 4. The first-order valence-corrected chi connectivity index (χ1v) is 6.86. The molecule has 1 aromatic heterocycles. The summed E-state index contributed by atoms with van der Waals surface area (Å²) in [5.74, 6) is -0.196. The van der Waals surface area contributed by atoms with Crippen LogP contribution in [0.2, 0.25) is 0 Å². The summed E-state index contributed by atoms with van der Waals surface area (Å²) in [5, 5.41) is 7.64. The molecule has 0 aliphatic heterocycles. The third kappa shape index (κ3) is 4.06. The summed E-state index contributed by atoms with van der Waals surface area (Å²) in [7, 11) is 0. The molecule has 5 nitrogen and oxygen atoms in total. The lowest BCUT2D eigenvalue weighted by molar-refractivity contribution is -0.150. The van der Waals surface area contributed by atoms with Crippen LogP contribution in [0, 0.1) is 13.8 Å². The Bertz CT molecular complexity index is 428. The molecule has 1 unspecified atom stereocenters. The highest BCUT2D eigenvalue weighted by Gasteiger charge is 2.33. The van der Waals surface area contributed by atoms with Crippen LogP contribution in [0.4, 0.5) is 0 Å². The van der Waals surface area contributed by atoms with Crippen molar-refractivity contribution in [2.45, 2.75) is 53.1 Å². The zero-order valence-electron chi connectivity index (χ0n) is 12.6. The summed E-state index contributed by atoms with van der Waals surface area (Å²) in [6.45, 7) is 11.5. The molecule has 0 fully saturated rings. The average molecular weight is 267 g/mol. The van der Waals surface area contributed by atoms with Gasteiger partial charge in [-0.3, -0.25) is 9.48 Å². The van der Waals surface area contributed by atoms with E-state index in [0.717, 1.165) is 17.9 Å². The Morgan fingerprint density at radius 3 is 2.63 bits per heavy atom. The molecule has 1 atom stereocenters. The predicted molar refractivity (Wildman–Crippen MR) is 75.0 cm³/mol. The van der Waals surface area contributed by atoms with E-state index in [9.17, 15) is 4.79 Å². The van der Waals surface area contributed by atoms with Gasteiger partial charge in [0, 0.05) is 12.2 Å². The lowest BCUT2D eigenvalue weighted by Gasteiger charge is -2.28. The Morgan fingerprint density at radius 1 is 1.47 bits per heavy atom. The first-order valence-electron chi connectivity index (χ1n) is 6.86. The molecule has 1 aromatic rings. The third-order valence-electron chi connectivity index (χ3n) is 3.22. The van der Waals surface area contributed by atoms with Gasteiger partial charge in [0.05, 0.1) is 12.3 Å². The number of hydrogen-bond donors (Lipinski definition) is 1. The van der Waals surface area contributed by atoms with Crippen molar-refractivity contribution in [3.8, 4) is 0 Å². The number of nitrogens with zero attached hydrogens (tertiary/aromatic N) is 2. The van der Waals surface area contributed by atoms with E-state index in [1.165, 1.54) is 0 Å². The van der Waals surface area contributed by atoms with Crippen molar-refractivity contribution in [1.29, 1.82) is 0 Å². The summed E-state index contributed by atoms with van der Waals surface area (Å²) < 4.78 is 7.09. The van der Waals surface area contributed by atoms with Crippen molar-refractivity contribution in [3.05, 3.63) is 17.5 Å². The molecule has 0 amide bonds. The first-order chi connectivity index (χ1) is 8.92. The molecule has 0 bridgehead atoms. The Hall–Kier alpha value is -1.36. The van der Waals surface area contributed by atoms with E-state index in [0.29, 0.717) is 19.6 Å². The molecule has 108 valence electrons. The van der Waals surface area contributed by atoms with Gasteiger partial charge in [0.1, 0.15) is 5.54 Å². The molecule has 0 saturated heterocycles. The van der Waals surface area contributed by atoms with Gasteiger partial charge in [-0.2, -0.15) is 5.10 Å². The second-order valence-electron chi connectivity index (χ2n) is 4.98. The fourth-order valence-corrected chi connectivity index (χ4v) is 2.17. The summed E-state index contributed by atoms with van der Waals surface area (Å²) in [4.78, 5) is 12.1. The SMILES string of the molecule is CCNC(C)(CCn1nc(C)cc1C)C(=O)OCC. The molecule has 0 aliphatic carbocycles. The molecule has 5 heteroatoms. The van der Waals surface area contributed by atoms with Gasteiger partial charge in [-0.15, -0.1) is 0 Å². The van der Waals surface area contributed by atoms with Gasteiger partial charge in [0.25, 0.3) is 0 Å². The van der Waals surface area contributed by atoms with E-state index in [4.69, 9.17) is 4.74 Å². The van der Waals surface area contributed by atoms with E-state index in [1.807, 2.05) is 45.4 Å². The van der Waals surface area contributed by atoms with Crippen LogP contribution >= 0.6 is 0 Å². The lowest BCUT2D eigenvalue weighted by atomic mass is 9.98. The van der Waals surface area contributed by atoms with Crippen LogP contribution in [0.15, 0.2) is 6.07 Å². The topological polar surface area (TPSA) is 56.2 Å². The van der Waals surface area contributed by atoms with Crippen LogP contribution in [-0.4, -0.2) is 34.4 Å². The Kier molecular flexibility index (Phi) is 5.54. The highest BCUT2D eigenvalue weighted by Crippen LogP contribution is 2.15. The minimum atomic E-state index is -0.656. The third-order valence-corrected chi connectivity index (χ3v) is 3.22. The van der Waals surface area contributed by atoms with Crippen molar-refractivity contribution >= 4 is 5.97 Å². The fourth-order valence-electron chi connectivity index (χ4n) is 2.17. The molecule has 0 aromatic carbocycles. The standard InChI is InChI=1S/C14H25N3O2/c1-6-15-14(5,13(18)19-7-2)8-9-17-12(4)10-11(3)16-17/h10,15H,6-9H2,1-5H3. The molecule has 0 radical (unpaired) electrons. The summed E-state index contributed by atoms with van der Waals surface area (Å²) in [5.41, 5.74) is 1.45. The maximum Gasteiger partial charge on any atom is 0.326 e. The zero-order chi connectivity index (χ0) is 14.5. The Morgan fingerprint density at radius 2 is 2.16 bits per heavy atom. The monoisotopic (exact) mass is 267 g/mol. The Labute approximate surface area is 115 Å². The van der Waals surface area contributed by atoms with Crippen LogP contribution in [0.25, 0.3) is 0 Å². The van der Waals surface area contributed by atoms with Crippen LogP contribution in [-0.2, 0) is 16.1 Å². The molecule has 19 heavy (non-hydrogen) atoms. The van der Waals surface area contributed by atoms with Gasteiger partial charge in [-0.05, 0) is 46.7 Å². The maximum absolute atomic E-state index is 12.1. The predicted octanol–water partition coefficient (Wildman–Crippen LogP) is 1.82. The lowest BCUT2D eigenvalue weighted by Crippen LogP contribution is -2.51. The first kappa shape index (κ1) is 15.7. The van der Waals surface area contributed by atoms with Crippen LogP contribution < -0.4 is 5.32 Å². The van der Waals surface area contributed by atoms with Gasteiger partial charge >= 0.3 is 5.97 Å². The number of esters is 1. The molecule has 0 saturated carbocycles. The van der Waals surface area contributed by atoms with E-state index in [1.54, 1.807) is 0 Å². The van der Waals surface area contributed by atoms with Crippen molar-refractivity contribution in [2.24, 2.45) is 0 Å². The summed E-state index contributed by atoms with van der Waals surface area (Å²) in [6.07, 6.45) is 0.654. The molecule has 0 aliphatic rings. The molecular formula is C14H25N3O2. The fraction of sp³-hybridized carbons (Fsp3) is 0.714. The molecule has 0 spiro atoms. The summed E-state index contributed by atoms with van der Waals surface area (Å²) in [6, 6.07) is 2.04. The van der Waals surface area contributed by atoms with Gasteiger partial charge < -0.3 is 10.1 Å². The maximum atomic E-state index is 12.1. The van der Waals surface area contributed by atoms with Gasteiger partial charge in [-0.1, -0.05) is 6.92 Å². The van der Waals surface area contributed by atoms with Crippen LogP contribution in [0.1, 0.15) is 38.6 Å². The molecular weight excluding hydrogens is 242 g/mol. The molecule has 1 N–H and O–H groups in total. The number of aryl methyl sites for hydroxylation is 3. The smallest absolute Gasteiger partial charge is 0.326 e. The second kappa shape index (κ2) is 6.70. The van der Waals surface area contributed by atoms with Gasteiger partial charge in [0.2, 0.25) is 0 Å². The quantitative estimate of drug-likeness (QED) is 0.766. The second-order valence-corrected chi connectivity index (χ2v) is 4.98. The Balaban J connectivity index is 2.73. The number of aromatic nitrogens is 2. The van der Waals surface area contributed by atoms with Crippen molar-refractivity contribution < 1.29 is 9.53 Å². The number of carbonyl (C=O) groups excluding carboxylic acids is 1. The number of likely N-dealkylation sites (N-methyl/N-ethyl adjacent to an activating group) is 1. The van der Waals surface area contributed by atoms with Crippen LogP contribution in [0.3, 0.4) is 0 Å². The average Bonchev–Trinajstić information content (AvgIpc) is 2.66. The normalized spacial score (nSPS) is 14.2.